The highest BCUT2D eigenvalue weighted by Gasteiger charge is 2.63. The summed E-state index contributed by atoms with van der Waals surface area (Å²) in [5.41, 5.74) is 1.61. The number of aliphatic hydroxyl groups is 1. The molecule has 0 radical (unpaired) electrons. The minimum Gasteiger partial charge on any atom is -0.422 e. The number of fused-ring (bicyclic) bond motifs is 3. The molecule has 1 N–H and O–H groups in total. The Kier molecular flexibility index (Phi) is 2.87. The van der Waals surface area contributed by atoms with Crippen LogP contribution in [-0.2, 0) is 14.3 Å². The largest absolute Gasteiger partial charge is 0.422 e. The number of carbonyl (C=O) groups is 1. The van der Waals surface area contributed by atoms with Gasteiger partial charge >= 0.3 is 5.97 Å². The normalized spacial score (nSPS) is 47.7. The topological polar surface area (TPSA) is 55.8 Å². The first-order valence-corrected chi connectivity index (χ1v) is 8.70. The Hall–Kier alpha value is -1.13. The van der Waals surface area contributed by atoms with Crippen molar-refractivity contribution < 1.29 is 19.4 Å². The van der Waals surface area contributed by atoms with Crippen LogP contribution in [0.3, 0.4) is 0 Å². The summed E-state index contributed by atoms with van der Waals surface area (Å²) in [4.78, 5) is 11.8. The van der Waals surface area contributed by atoms with Crippen molar-refractivity contribution in [3.8, 4) is 0 Å². The van der Waals surface area contributed by atoms with E-state index in [9.17, 15) is 9.90 Å². The van der Waals surface area contributed by atoms with Crippen LogP contribution < -0.4 is 0 Å². The van der Waals surface area contributed by atoms with Crippen LogP contribution in [0.2, 0.25) is 0 Å². The summed E-state index contributed by atoms with van der Waals surface area (Å²) >= 11 is 0. The molecule has 4 heteroatoms. The van der Waals surface area contributed by atoms with Gasteiger partial charge in [-0.3, -0.25) is 4.74 Å². The average molecular weight is 318 g/mol. The number of rotatable bonds is 0. The van der Waals surface area contributed by atoms with E-state index in [1.807, 2.05) is 6.08 Å². The third-order valence-corrected chi connectivity index (χ3v) is 6.70. The predicted octanol–water partition coefficient (Wildman–Crippen LogP) is 3.46. The predicted molar refractivity (Wildman–Crippen MR) is 85.2 cm³/mol. The number of hydrogen-bond donors (Lipinski definition) is 1. The third kappa shape index (κ3) is 1.94. The Balaban J connectivity index is 1.81. The molecule has 4 nitrogen and oxygen atoms in total. The second-order valence-electron chi connectivity index (χ2n) is 8.73. The first kappa shape index (κ1) is 15.4. The van der Waals surface area contributed by atoms with Crippen LogP contribution in [0.5, 0.6) is 0 Å². The second-order valence-corrected chi connectivity index (χ2v) is 8.73. The molecule has 1 spiro atoms. The van der Waals surface area contributed by atoms with Gasteiger partial charge in [0.1, 0.15) is 0 Å². The van der Waals surface area contributed by atoms with Gasteiger partial charge in [0, 0.05) is 18.1 Å². The van der Waals surface area contributed by atoms with Gasteiger partial charge in [-0.05, 0) is 54.6 Å². The Morgan fingerprint density at radius 3 is 2.57 bits per heavy atom. The fraction of sp³-hybridized carbons (Fsp3) is 0.737. The van der Waals surface area contributed by atoms with Gasteiger partial charge in [-0.25, -0.2) is 4.79 Å². The van der Waals surface area contributed by atoms with Crippen molar-refractivity contribution in [1.82, 2.24) is 0 Å². The Bertz CT molecular complexity index is 646. The number of ether oxygens (including phenoxy) is 2. The summed E-state index contributed by atoms with van der Waals surface area (Å²) in [6, 6.07) is 0. The maximum atomic E-state index is 11.8. The van der Waals surface area contributed by atoms with Crippen molar-refractivity contribution >= 4 is 5.97 Å². The molecular formula is C19H26O4. The molecule has 4 rings (SSSR count). The van der Waals surface area contributed by atoms with E-state index in [0.717, 1.165) is 24.8 Å². The minimum atomic E-state index is -1.31. The summed E-state index contributed by atoms with van der Waals surface area (Å²) in [6.07, 6.45) is 8.50. The highest BCUT2D eigenvalue weighted by Crippen LogP contribution is 2.64. The van der Waals surface area contributed by atoms with E-state index in [4.69, 9.17) is 9.47 Å². The quantitative estimate of drug-likeness (QED) is 0.549. The van der Waals surface area contributed by atoms with Gasteiger partial charge < -0.3 is 9.84 Å². The van der Waals surface area contributed by atoms with Gasteiger partial charge in [0.2, 0.25) is 0 Å². The number of esters is 1. The molecule has 0 aromatic carbocycles. The smallest absolute Gasteiger partial charge is 0.336 e. The lowest BCUT2D eigenvalue weighted by atomic mass is 9.49. The molecule has 126 valence electrons. The zero-order chi connectivity index (χ0) is 16.7. The van der Waals surface area contributed by atoms with E-state index in [-0.39, 0.29) is 16.8 Å². The van der Waals surface area contributed by atoms with Crippen LogP contribution in [0, 0.1) is 16.7 Å². The van der Waals surface area contributed by atoms with Crippen LogP contribution in [0.25, 0.3) is 0 Å². The summed E-state index contributed by atoms with van der Waals surface area (Å²) in [7, 11) is 0. The molecule has 0 amide bonds. The van der Waals surface area contributed by atoms with Gasteiger partial charge in [-0.2, -0.15) is 0 Å². The molecule has 0 aromatic rings. The van der Waals surface area contributed by atoms with E-state index in [2.05, 4.69) is 20.8 Å². The van der Waals surface area contributed by atoms with Gasteiger partial charge in [0.25, 0.3) is 5.79 Å². The molecule has 0 unspecified atom stereocenters. The SMILES string of the molecule is CC1=C[C@]2(C=C3[C@@](O)(CC[C@H]4C(C)(C)CCC[C@]34C)O2)OC1=O. The molecule has 4 aliphatic rings. The summed E-state index contributed by atoms with van der Waals surface area (Å²) in [5.74, 6) is -2.36. The molecule has 2 heterocycles. The molecule has 23 heavy (non-hydrogen) atoms. The second kappa shape index (κ2) is 4.28. The lowest BCUT2D eigenvalue weighted by Crippen LogP contribution is -2.53. The zero-order valence-electron chi connectivity index (χ0n) is 14.4. The standard InChI is InChI=1S/C19H26O4/c1-12-10-18(22-15(12)20)11-14-17(4)8-5-7-16(2,3)13(17)6-9-19(14,21)23-18/h10-11,13,21H,5-9H2,1-4H3/t13-,17-,18-,19+/m0/s1. The highest BCUT2D eigenvalue weighted by atomic mass is 16.8. The zero-order valence-corrected chi connectivity index (χ0v) is 14.4. The third-order valence-electron chi connectivity index (χ3n) is 6.70. The Morgan fingerprint density at radius 2 is 1.91 bits per heavy atom. The molecule has 0 bridgehead atoms. The van der Waals surface area contributed by atoms with E-state index in [0.29, 0.717) is 17.9 Å². The summed E-state index contributed by atoms with van der Waals surface area (Å²) in [6.45, 7) is 8.65. The van der Waals surface area contributed by atoms with Crippen molar-refractivity contribution in [3.05, 3.63) is 23.3 Å². The molecule has 2 aliphatic carbocycles. The van der Waals surface area contributed by atoms with E-state index >= 15 is 0 Å². The fourth-order valence-corrected chi connectivity index (χ4v) is 5.69. The van der Waals surface area contributed by atoms with Crippen LogP contribution in [0.4, 0.5) is 0 Å². The van der Waals surface area contributed by atoms with Crippen molar-refractivity contribution in [2.45, 2.75) is 71.4 Å². The molecule has 4 atom stereocenters. The van der Waals surface area contributed by atoms with Crippen LogP contribution in [0.15, 0.2) is 23.3 Å². The monoisotopic (exact) mass is 318 g/mol. The maximum absolute atomic E-state index is 11.8. The van der Waals surface area contributed by atoms with Gasteiger partial charge in [-0.15, -0.1) is 0 Å². The number of hydrogen-bond acceptors (Lipinski definition) is 4. The van der Waals surface area contributed by atoms with E-state index in [1.54, 1.807) is 13.0 Å². The van der Waals surface area contributed by atoms with Crippen molar-refractivity contribution in [3.63, 3.8) is 0 Å². The van der Waals surface area contributed by atoms with Gasteiger partial charge in [0.15, 0.2) is 5.79 Å². The molecule has 0 aromatic heterocycles. The minimum absolute atomic E-state index is 0.102. The summed E-state index contributed by atoms with van der Waals surface area (Å²) in [5, 5.41) is 11.2. The lowest BCUT2D eigenvalue weighted by Gasteiger charge is -2.57. The van der Waals surface area contributed by atoms with Crippen LogP contribution in [0.1, 0.15) is 59.8 Å². The van der Waals surface area contributed by atoms with Crippen molar-refractivity contribution in [2.75, 3.05) is 0 Å². The van der Waals surface area contributed by atoms with Crippen LogP contribution in [-0.4, -0.2) is 22.7 Å². The first-order chi connectivity index (χ1) is 10.6. The van der Waals surface area contributed by atoms with E-state index in [1.165, 1.54) is 6.42 Å². The fourth-order valence-electron chi connectivity index (χ4n) is 5.69. The average Bonchev–Trinajstić information content (AvgIpc) is 2.85. The Labute approximate surface area is 137 Å². The molecule has 2 aliphatic heterocycles. The number of carbonyl (C=O) groups excluding carboxylic acids is 1. The van der Waals surface area contributed by atoms with Crippen LogP contribution >= 0.6 is 0 Å². The maximum Gasteiger partial charge on any atom is 0.336 e. The molecule has 2 fully saturated rings. The lowest BCUT2D eigenvalue weighted by molar-refractivity contribution is -0.278. The Morgan fingerprint density at radius 1 is 1.17 bits per heavy atom. The first-order valence-electron chi connectivity index (χ1n) is 8.70. The molecule has 0 saturated heterocycles. The summed E-state index contributed by atoms with van der Waals surface area (Å²) < 4.78 is 11.4. The van der Waals surface area contributed by atoms with Crippen molar-refractivity contribution in [2.24, 2.45) is 16.7 Å². The molecule has 2 saturated carbocycles. The molecular weight excluding hydrogens is 292 g/mol. The highest BCUT2D eigenvalue weighted by molar-refractivity contribution is 5.91. The van der Waals surface area contributed by atoms with Gasteiger partial charge in [-0.1, -0.05) is 27.2 Å². The van der Waals surface area contributed by atoms with E-state index < -0.39 is 11.6 Å². The van der Waals surface area contributed by atoms with Crippen molar-refractivity contribution in [1.29, 1.82) is 0 Å². The van der Waals surface area contributed by atoms with Gasteiger partial charge in [0.05, 0.1) is 0 Å².